The Hall–Kier alpha value is -1.30. The summed E-state index contributed by atoms with van der Waals surface area (Å²) in [5, 5.41) is 2.81. The molecule has 2 aromatic carbocycles. The van der Waals surface area contributed by atoms with Crippen molar-refractivity contribution in [1.29, 1.82) is 0 Å². The van der Waals surface area contributed by atoms with Gasteiger partial charge in [0.1, 0.15) is 0 Å². The molecule has 0 aliphatic rings. The molecule has 2 rings (SSSR count). The zero-order valence-electron chi connectivity index (χ0n) is 10.7. The molecule has 0 N–H and O–H groups in total. The molecule has 0 saturated carbocycles. The van der Waals surface area contributed by atoms with Crippen molar-refractivity contribution in [2.45, 2.75) is 40.0 Å². The lowest BCUT2D eigenvalue weighted by atomic mass is 9.87. The highest BCUT2D eigenvalue weighted by molar-refractivity contribution is 5.88. The second-order valence-corrected chi connectivity index (χ2v) is 4.82. The Morgan fingerprint density at radius 1 is 1.12 bits per heavy atom. The van der Waals surface area contributed by atoms with Gasteiger partial charge in [-0.3, -0.25) is 0 Å². The molecule has 0 aromatic heterocycles. The van der Waals surface area contributed by atoms with E-state index in [1.807, 2.05) is 0 Å². The van der Waals surface area contributed by atoms with Crippen LogP contribution in [0.4, 0.5) is 0 Å². The number of hydrogen-bond donors (Lipinski definition) is 0. The quantitative estimate of drug-likeness (QED) is 0.668. The minimum absolute atomic E-state index is 0.597. The van der Waals surface area contributed by atoms with Crippen LogP contribution in [0.2, 0.25) is 0 Å². The summed E-state index contributed by atoms with van der Waals surface area (Å²) in [5.41, 5.74) is 4.51. The van der Waals surface area contributed by atoms with Gasteiger partial charge in [-0.1, -0.05) is 51.1 Å². The zero-order valence-corrected chi connectivity index (χ0v) is 10.7. The molecule has 2 aromatic rings. The molecule has 84 valence electrons. The van der Waals surface area contributed by atoms with Crippen molar-refractivity contribution in [3.8, 4) is 0 Å². The van der Waals surface area contributed by atoms with Gasteiger partial charge >= 0.3 is 0 Å². The molecule has 0 amide bonds. The summed E-state index contributed by atoms with van der Waals surface area (Å²) >= 11 is 0. The predicted molar refractivity (Wildman–Crippen MR) is 72.2 cm³/mol. The molecule has 0 aliphatic carbocycles. The molecule has 0 atom stereocenters. The van der Waals surface area contributed by atoms with E-state index in [1.165, 1.54) is 27.5 Å². The molecule has 16 heavy (non-hydrogen) atoms. The molecular weight excluding hydrogens is 192 g/mol. The molecule has 0 radical (unpaired) electrons. The predicted octanol–water partition coefficient (Wildman–Crippen LogP) is 4.83. The van der Waals surface area contributed by atoms with Crippen molar-refractivity contribution in [3.63, 3.8) is 0 Å². The van der Waals surface area contributed by atoms with Gasteiger partial charge in [0.25, 0.3) is 0 Å². The normalized spacial score (nSPS) is 11.3. The Kier molecular flexibility index (Phi) is 3.00. The average Bonchev–Trinajstić information content (AvgIpc) is 2.26. The van der Waals surface area contributed by atoms with Crippen molar-refractivity contribution in [3.05, 3.63) is 47.0 Å². The summed E-state index contributed by atoms with van der Waals surface area (Å²) in [7, 11) is 0. The van der Waals surface area contributed by atoms with Crippen LogP contribution in [0, 0.1) is 6.92 Å². The first-order chi connectivity index (χ1) is 7.65. The summed E-state index contributed by atoms with van der Waals surface area (Å²) in [6, 6.07) is 11.1. The van der Waals surface area contributed by atoms with E-state index in [1.54, 1.807) is 0 Å². The van der Waals surface area contributed by atoms with Crippen LogP contribution < -0.4 is 0 Å². The lowest BCUT2D eigenvalue weighted by Crippen LogP contribution is -1.99. The number of fused-ring (bicyclic) bond motifs is 1. The SMILES string of the molecule is CCc1c(C)cc2ccccc2c1C(C)C. The molecule has 0 saturated heterocycles. The largest absolute Gasteiger partial charge is 0.0616 e. The van der Waals surface area contributed by atoms with Crippen LogP contribution in [0.5, 0.6) is 0 Å². The van der Waals surface area contributed by atoms with Crippen molar-refractivity contribution in [2.24, 2.45) is 0 Å². The van der Waals surface area contributed by atoms with Crippen molar-refractivity contribution < 1.29 is 0 Å². The van der Waals surface area contributed by atoms with Gasteiger partial charge in [0, 0.05) is 0 Å². The highest BCUT2D eigenvalue weighted by Crippen LogP contribution is 2.31. The second-order valence-electron chi connectivity index (χ2n) is 4.82. The molecule has 0 heteroatoms. The standard InChI is InChI=1S/C16H20/c1-5-14-12(4)10-13-8-6-7-9-15(13)16(14)11(2)3/h6-11H,5H2,1-4H3. The summed E-state index contributed by atoms with van der Waals surface area (Å²) in [4.78, 5) is 0. The van der Waals surface area contributed by atoms with Crippen molar-refractivity contribution in [1.82, 2.24) is 0 Å². The lowest BCUT2D eigenvalue weighted by molar-refractivity contribution is 0.851. The zero-order chi connectivity index (χ0) is 11.7. The fourth-order valence-corrected chi connectivity index (χ4v) is 2.69. The van der Waals surface area contributed by atoms with E-state index in [4.69, 9.17) is 0 Å². The molecular formula is C16H20. The molecule has 0 bridgehead atoms. The Labute approximate surface area is 98.3 Å². The van der Waals surface area contributed by atoms with Gasteiger partial charge in [-0.25, -0.2) is 0 Å². The minimum Gasteiger partial charge on any atom is -0.0616 e. The van der Waals surface area contributed by atoms with Gasteiger partial charge in [-0.05, 0) is 46.7 Å². The Morgan fingerprint density at radius 3 is 2.44 bits per heavy atom. The van der Waals surface area contributed by atoms with Crippen LogP contribution in [-0.2, 0) is 6.42 Å². The molecule has 0 unspecified atom stereocenters. The minimum atomic E-state index is 0.597. The third-order valence-electron chi connectivity index (χ3n) is 3.36. The first-order valence-electron chi connectivity index (χ1n) is 6.16. The molecule has 0 aliphatic heterocycles. The van der Waals surface area contributed by atoms with Gasteiger partial charge < -0.3 is 0 Å². The fourth-order valence-electron chi connectivity index (χ4n) is 2.69. The van der Waals surface area contributed by atoms with Crippen LogP contribution >= 0.6 is 0 Å². The van der Waals surface area contributed by atoms with Crippen LogP contribution in [0.3, 0.4) is 0 Å². The van der Waals surface area contributed by atoms with Gasteiger partial charge in [0.05, 0.1) is 0 Å². The van der Waals surface area contributed by atoms with E-state index in [2.05, 4.69) is 58.0 Å². The van der Waals surface area contributed by atoms with Gasteiger partial charge in [0.2, 0.25) is 0 Å². The second kappa shape index (κ2) is 4.29. The highest BCUT2D eigenvalue weighted by Gasteiger charge is 2.12. The number of hydrogen-bond acceptors (Lipinski definition) is 0. The van der Waals surface area contributed by atoms with Crippen LogP contribution in [-0.4, -0.2) is 0 Å². The van der Waals surface area contributed by atoms with E-state index < -0.39 is 0 Å². The number of aryl methyl sites for hydroxylation is 1. The Morgan fingerprint density at radius 2 is 1.81 bits per heavy atom. The van der Waals surface area contributed by atoms with E-state index in [-0.39, 0.29) is 0 Å². The van der Waals surface area contributed by atoms with Crippen LogP contribution in [0.1, 0.15) is 43.4 Å². The highest BCUT2D eigenvalue weighted by atomic mass is 14.2. The summed E-state index contributed by atoms with van der Waals surface area (Å²) in [6.07, 6.45) is 1.13. The average molecular weight is 212 g/mol. The molecule has 0 heterocycles. The summed E-state index contributed by atoms with van der Waals surface area (Å²) < 4.78 is 0. The third-order valence-corrected chi connectivity index (χ3v) is 3.36. The van der Waals surface area contributed by atoms with Gasteiger partial charge in [-0.15, -0.1) is 0 Å². The lowest BCUT2D eigenvalue weighted by Gasteiger charge is -2.18. The number of rotatable bonds is 2. The smallest absolute Gasteiger partial charge is 0.0146 e. The van der Waals surface area contributed by atoms with E-state index in [0.717, 1.165) is 6.42 Å². The summed E-state index contributed by atoms with van der Waals surface area (Å²) in [5.74, 6) is 0.597. The number of benzene rings is 2. The van der Waals surface area contributed by atoms with Crippen LogP contribution in [0.15, 0.2) is 30.3 Å². The van der Waals surface area contributed by atoms with Gasteiger partial charge in [0.15, 0.2) is 0 Å². The third kappa shape index (κ3) is 1.73. The summed E-state index contributed by atoms with van der Waals surface area (Å²) in [6.45, 7) is 9.07. The van der Waals surface area contributed by atoms with E-state index >= 15 is 0 Å². The molecule has 0 nitrogen and oxygen atoms in total. The topological polar surface area (TPSA) is 0 Å². The maximum absolute atomic E-state index is 2.32. The van der Waals surface area contributed by atoms with Crippen LogP contribution in [0.25, 0.3) is 10.8 Å². The first-order valence-corrected chi connectivity index (χ1v) is 6.16. The van der Waals surface area contributed by atoms with Crippen molar-refractivity contribution in [2.75, 3.05) is 0 Å². The van der Waals surface area contributed by atoms with Gasteiger partial charge in [-0.2, -0.15) is 0 Å². The van der Waals surface area contributed by atoms with E-state index in [9.17, 15) is 0 Å². The maximum atomic E-state index is 2.32. The van der Waals surface area contributed by atoms with E-state index in [0.29, 0.717) is 5.92 Å². The Balaban J connectivity index is 2.87. The maximum Gasteiger partial charge on any atom is -0.0146 e. The molecule has 0 fully saturated rings. The first kappa shape index (κ1) is 11.2. The van der Waals surface area contributed by atoms with Crippen molar-refractivity contribution >= 4 is 10.8 Å². The Bertz CT molecular complexity index is 507. The molecule has 0 spiro atoms. The fraction of sp³-hybridized carbons (Fsp3) is 0.375. The monoisotopic (exact) mass is 212 g/mol.